The minimum atomic E-state index is -4.82. The molecule has 0 saturated heterocycles. The van der Waals surface area contributed by atoms with Gasteiger partial charge in [-0.2, -0.15) is 18.3 Å². The number of halogens is 3. The number of aromatic amines is 2. The lowest BCUT2D eigenvalue weighted by Gasteiger charge is -2.20. The Balaban J connectivity index is 1.65. The molecule has 0 aromatic carbocycles. The zero-order valence-corrected chi connectivity index (χ0v) is 15.5. The van der Waals surface area contributed by atoms with Crippen LogP contribution in [0.4, 0.5) is 18.0 Å². The number of carbonyl (C=O) groups is 1. The molecule has 160 valence electrons. The van der Waals surface area contributed by atoms with E-state index in [-0.39, 0.29) is 5.69 Å². The van der Waals surface area contributed by atoms with E-state index < -0.39 is 30.8 Å². The van der Waals surface area contributed by atoms with Crippen molar-refractivity contribution in [3.8, 4) is 28.3 Å². The van der Waals surface area contributed by atoms with Gasteiger partial charge in [0.05, 0.1) is 30.8 Å². The number of pyridine rings is 1. The summed E-state index contributed by atoms with van der Waals surface area (Å²) in [5.74, 6) is -0.402. The molecule has 0 aliphatic rings. The van der Waals surface area contributed by atoms with E-state index in [2.05, 4.69) is 30.1 Å². The highest BCUT2D eigenvalue weighted by atomic mass is 19.4. The molecule has 0 saturated carbocycles. The number of hydrogen-bond acceptors (Lipinski definition) is 6. The predicted molar refractivity (Wildman–Crippen MR) is 101 cm³/mol. The van der Waals surface area contributed by atoms with Crippen LogP contribution in [0.1, 0.15) is 0 Å². The number of carboxylic acid groups (broad SMARTS) is 1. The predicted octanol–water partition coefficient (Wildman–Crippen LogP) is 2.99. The van der Waals surface area contributed by atoms with Crippen molar-refractivity contribution < 1.29 is 27.8 Å². The van der Waals surface area contributed by atoms with Gasteiger partial charge in [-0.15, -0.1) is 0 Å². The molecule has 0 aliphatic heterocycles. The average molecular weight is 433 g/mol. The lowest BCUT2D eigenvalue weighted by molar-refractivity contribution is -0.193. The van der Waals surface area contributed by atoms with Gasteiger partial charge < -0.3 is 20.1 Å². The Morgan fingerprint density at radius 2 is 2.03 bits per heavy atom. The third-order valence-corrected chi connectivity index (χ3v) is 4.32. The quantitative estimate of drug-likeness (QED) is 0.366. The highest BCUT2D eigenvalue weighted by molar-refractivity contribution is 5.94. The molecule has 0 bridgehead atoms. The third kappa shape index (κ3) is 4.39. The molecule has 1 amide bonds. The van der Waals surface area contributed by atoms with Crippen LogP contribution >= 0.6 is 0 Å². The number of aromatic nitrogens is 6. The van der Waals surface area contributed by atoms with E-state index in [9.17, 15) is 18.0 Å². The molecule has 4 heterocycles. The maximum Gasteiger partial charge on any atom is 0.427 e. The Morgan fingerprint density at radius 3 is 2.74 bits per heavy atom. The Kier molecular flexibility index (Phi) is 5.15. The van der Waals surface area contributed by atoms with E-state index in [0.717, 1.165) is 17.3 Å². The first kappa shape index (κ1) is 20.1. The van der Waals surface area contributed by atoms with Gasteiger partial charge in [0.15, 0.2) is 0 Å². The van der Waals surface area contributed by atoms with Crippen LogP contribution < -0.4 is 10.1 Å². The fourth-order valence-electron chi connectivity index (χ4n) is 2.87. The van der Waals surface area contributed by atoms with Crippen molar-refractivity contribution in [1.82, 2.24) is 35.5 Å². The van der Waals surface area contributed by atoms with Crippen LogP contribution in [0, 0.1) is 0 Å². The number of H-pyrrole nitrogens is 2. The molecule has 13 heteroatoms. The standard InChI is InChI=1S/C18H14F3N7O3/c19-18(20,21)14(7-25-17(29)30)31-15-8-22-6-13(28-15)12-5-24-16-11(12)1-9(2-23-16)10-3-26-27-4-10/h1-6,8,14,25H,7H2,(H,23,24)(H,26,27)(H,29,30). The van der Waals surface area contributed by atoms with Crippen molar-refractivity contribution in [3.05, 3.63) is 43.2 Å². The molecule has 10 nitrogen and oxygen atoms in total. The largest absolute Gasteiger partial charge is 0.465 e. The molecule has 31 heavy (non-hydrogen) atoms. The second-order valence-electron chi connectivity index (χ2n) is 6.39. The van der Waals surface area contributed by atoms with Gasteiger partial charge in [-0.3, -0.25) is 10.1 Å². The number of nitrogens with one attached hydrogen (secondary N) is 3. The maximum absolute atomic E-state index is 13.2. The SMILES string of the molecule is O=C(O)NCC(Oc1cncc(-c2c[nH]c3ncc(-c4cn[nH]c4)cc23)n1)C(F)(F)F. The molecule has 0 aliphatic carbocycles. The summed E-state index contributed by atoms with van der Waals surface area (Å²) in [7, 11) is 0. The van der Waals surface area contributed by atoms with Crippen LogP contribution in [-0.4, -0.2) is 60.2 Å². The van der Waals surface area contributed by atoms with Gasteiger partial charge in [0.1, 0.15) is 5.65 Å². The molecule has 0 radical (unpaired) electrons. The summed E-state index contributed by atoms with van der Waals surface area (Å²) in [5, 5.41) is 17.5. The number of alkyl halides is 3. The normalized spacial score (nSPS) is 12.6. The Labute approximate surface area is 171 Å². The maximum atomic E-state index is 13.2. The molecule has 4 N–H and O–H groups in total. The fourth-order valence-corrected chi connectivity index (χ4v) is 2.87. The van der Waals surface area contributed by atoms with Crippen LogP contribution in [0.15, 0.2) is 43.2 Å². The number of amides is 1. The van der Waals surface area contributed by atoms with Gasteiger partial charge in [-0.05, 0) is 6.07 Å². The zero-order valence-electron chi connectivity index (χ0n) is 15.5. The van der Waals surface area contributed by atoms with Crippen LogP contribution in [-0.2, 0) is 0 Å². The van der Waals surface area contributed by atoms with Crippen molar-refractivity contribution in [1.29, 1.82) is 0 Å². The molecule has 1 unspecified atom stereocenters. The number of hydrogen-bond donors (Lipinski definition) is 4. The molecule has 1 atom stereocenters. The summed E-state index contributed by atoms with van der Waals surface area (Å²) < 4.78 is 44.5. The zero-order chi connectivity index (χ0) is 22.0. The first-order chi connectivity index (χ1) is 14.8. The van der Waals surface area contributed by atoms with E-state index in [1.807, 2.05) is 6.07 Å². The molecular formula is C18H14F3N7O3. The Hall–Kier alpha value is -4.16. The third-order valence-electron chi connectivity index (χ3n) is 4.32. The first-order valence-corrected chi connectivity index (χ1v) is 8.80. The molecule has 0 fully saturated rings. The minimum absolute atomic E-state index is 0.252. The highest BCUT2D eigenvalue weighted by Gasteiger charge is 2.42. The summed E-state index contributed by atoms with van der Waals surface area (Å²) in [4.78, 5) is 25.9. The molecule has 4 aromatic rings. The van der Waals surface area contributed by atoms with E-state index in [0.29, 0.717) is 16.6 Å². The number of ether oxygens (including phenoxy) is 1. The number of fused-ring (bicyclic) bond motifs is 1. The Morgan fingerprint density at radius 1 is 1.19 bits per heavy atom. The van der Waals surface area contributed by atoms with Crippen molar-refractivity contribution in [2.45, 2.75) is 12.3 Å². The molecule has 0 spiro atoms. The molecular weight excluding hydrogens is 419 g/mol. The van der Waals surface area contributed by atoms with E-state index in [4.69, 9.17) is 9.84 Å². The van der Waals surface area contributed by atoms with E-state index in [1.54, 1.807) is 30.1 Å². The summed E-state index contributed by atoms with van der Waals surface area (Å²) in [5.41, 5.74) is 2.94. The summed E-state index contributed by atoms with van der Waals surface area (Å²) in [6, 6.07) is 1.84. The number of rotatable bonds is 6. The minimum Gasteiger partial charge on any atom is -0.465 e. The van der Waals surface area contributed by atoms with Crippen molar-refractivity contribution in [3.63, 3.8) is 0 Å². The molecule has 4 aromatic heterocycles. The summed E-state index contributed by atoms with van der Waals surface area (Å²) >= 11 is 0. The molecule has 4 rings (SSSR count). The smallest absolute Gasteiger partial charge is 0.427 e. The van der Waals surface area contributed by atoms with Gasteiger partial charge in [0.2, 0.25) is 12.0 Å². The summed E-state index contributed by atoms with van der Waals surface area (Å²) in [6.45, 7) is -0.990. The number of nitrogens with zero attached hydrogens (tertiary/aromatic N) is 4. The Bertz CT molecular complexity index is 1210. The topological polar surface area (TPSA) is 142 Å². The second kappa shape index (κ2) is 7.93. The van der Waals surface area contributed by atoms with Gasteiger partial charge >= 0.3 is 12.3 Å². The van der Waals surface area contributed by atoms with Gasteiger partial charge in [0, 0.05) is 40.7 Å². The fraction of sp³-hybridized carbons (Fsp3) is 0.167. The van der Waals surface area contributed by atoms with Crippen LogP contribution in [0.3, 0.4) is 0 Å². The summed E-state index contributed by atoms with van der Waals surface area (Å²) in [6.07, 6.45) is 0.149. The van der Waals surface area contributed by atoms with Crippen molar-refractivity contribution in [2.75, 3.05) is 6.54 Å². The average Bonchev–Trinajstić information content (AvgIpc) is 3.39. The van der Waals surface area contributed by atoms with Crippen molar-refractivity contribution in [2.24, 2.45) is 0 Å². The lowest BCUT2D eigenvalue weighted by Crippen LogP contribution is -2.44. The van der Waals surface area contributed by atoms with Gasteiger partial charge in [0.25, 0.3) is 0 Å². The van der Waals surface area contributed by atoms with Gasteiger partial charge in [-0.1, -0.05) is 0 Å². The monoisotopic (exact) mass is 433 g/mol. The van der Waals surface area contributed by atoms with E-state index in [1.165, 1.54) is 6.20 Å². The van der Waals surface area contributed by atoms with Crippen molar-refractivity contribution >= 4 is 17.1 Å². The van der Waals surface area contributed by atoms with Gasteiger partial charge in [-0.25, -0.2) is 14.8 Å². The van der Waals surface area contributed by atoms with Crippen LogP contribution in [0.5, 0.6) is 5.88 Å². The first-order valence-electron chi connectivity index (χ1n) is 8.80. The second-order valence-corrected chi connectivity index (χ2v) is 6.39. The lowest BCUT2D eigenvalue weighted by atomic mass is 10.1. The van der Waals surface area contributed by atoms with Crippen LogP contribution in [0.2, 0.25) is 0 Å². The highest BCUT2D eigenvalue weighted by Crippen LogP contribution is 2.31. The van der Waals surface area contributed by atoms with Crippen LogP contribution in [0.25, 0.3) is 33.4 Å². The van der Waals surface area contributed by atoms with E-state index >= 15 is 0 Å².